The SMILES string of the molecule is O=C1NC(=O)C(CSCc2cccs2)(CSCc2cccs2)N1. The Labute approximate surface area is 151 Å². The summed E-state index contributed by atoms with van der Waals surface area (Å²) in [5.41, 5.74) is -0.805. The fourth-order valence-electron chi connectivity index (χ4n) is 2.21. The summed E-state index contributed by atoms with van der Waals surface area (Å²) in [6.45, 7) is 0. The van der Waals surface area contributed by atoms with E-state index in [9.17, 15) is 9.59 Å². The van der Waals surface area contributed by atoms with Gasteiger partial charge in [-0.25, -0.2) is 4.79 Å². The van der Waals surface area contributed by atoms with Crippen LogP contribution in [-0.2, 0) is 16.3 Å². The highest BCUT2D eigenvalue weighted by molar-refractivity contribution is 7.99. The van der Waals surface area contributed by atoms with Crippen LogP contribution in [0.25, 0.3) is 0 Å². The summed E-state index contributed by atoms with van der Waals surface area (Å²) in [6, 6.07) is 7.84. The maximum Gasteiger partial charge on any atom is 0.322 e. The first kappa shape index (κ1) is 16.9. The van der Waals surface area contributed by atoms with E-state index in [1.807, 2.05) is 22.9 Å². The zero-order valence-corrected chi connectivity index (χ0v) is 15.5. The molecule has 0 saturated carbocycles. The Morgan fingerprint density at radius 3 is 1.91 bits per heavy atom. The summed E-state index contributed by atoms with van der Waals surface area (Å²) >= 11 is 6.79. The lowest BCUT2D eigenvalue weighted by molar-refractivity contribution is -0.122. The summed E-state index contributed by atoms with van der Waals surface area (Å²) in [4.78, 5) is 26.4. The van der Waals surface area contributed by atoms with Crippen LogP contribution in [0.5, 0.6) is 0 Å². The Morgan fingerprint density at radius 1 is 0.957 bits per heavy atom. The van der Waals surface area contributed by atoms with Gasteiger partial charge in [0, 0.05) is 32.8 Å². The zero-order valence-electron chi connectivity index (χ0n) is 12.2. The van der Waals surface area contributed by atoms with E-state index in [4.69, 9.17) is 0 Å². The number of thioether (sulfide) groups is 2. The van der Waals surface area contributed by atoms with Gasteiger partial charge in [0.1, 0.15) is 5.54 Å². The average Bonchev–Trinajstić information content (AvgIpc) is 3.23. The van der Waals surface area contributed by atoms with Crippen LogP contribution in [0.4, 0.5) is 4.79 Å². The van der Waals surface area contributed by atoms with E-state index in [1.54, 1.807) is 46.2 Å². The molecule has 23 heavy (non-hydrogen) atoms. The summed E-state index contributed by atoms with van der Waals surface area (Å²) in [5.74, 6) is 2.68. The van der Waals surface area contributed by atoms with Gasteiger partial charge in [-0.1, -0.05) is 12.1 Å². The molecule has 122 valence electrons. The number of imide groups is 1. The van der Waals surface area contributed by atoms with Gasteiger partial charge in [-0.3, -0.25) is 10.1 Å². The maximum atomic E-state index is 12.3. The molecular formula is C15H16N2O2S4. The lowest BCUT2D eigenvalue weighted by Crippen LogP contribution is -2.51. The topological polar surface area (TPSA) is 58.2 Å². The molecule has 1 saturated heterocycles. The van der Waals surface area contributed by atoms with E-state index in [0.29, 0.717) is 11.5 Å². The van der Waals surface area contributed by atoms with Crippen LogP contribution in [0.15, 0.2) is 35.0 Å². The van der Waals surface area contributed by atoms with Gasteiger partial charge in [-0.2, -0.15) is 23.5 Å². The van der Waals surface area contributed by atoms with Gasteiger partial charge >= 0.3 is 6.03 Å². The largest absolute Gasteiger partial charge is 0.322 e. The molecule has 1 aliphatic heterocycles. The van der Waals surface area contributed by atoms with E-state index >= 15 is 0 Å². The van der Waals surface area contributed by atoms with Crippen LogP contribution in [0.1, 0.15) is 9.75 Å². The highest BCUT2D eigenvalue weighted by Gasteiger charge is 2.45. The minimum atomic E-state index is -0.805. The van der Waals surface area contributed by atoms with Crippen LogP contribution >= 0.6 is 46.2 Å². The minimum absolute atomic E-state index is 0.208. The third kappa shape index (κ3) is 4.32. The molecule has 8 heteroatoms. The van der Waals surface area contributed by atoms with Crippen molar-refractivity contribution in [3.63, 3.8) is 0 Å². The highest BCUT2D eigenvalue weighted by Crippen LogP contribution is 2.28. The number of carbonyl (C=O) groups excluding carboxylic acids is 2. The van der Waals surface area contributed by atoms with Crippen molar-refractivity contribution in [3.05, 3.63) is 44.8 Å². The molecule has 0 spiro atoms. The van der Waals surface area contributed by atoms with Gasteiger partial charge in [0.25, 0.3) is 5.91 Å². The summed E-state index contributed by atoms with van der Waals surface area (Å²) < 4.78 is 0. The van der Waals surface area contributed by atoms with Gasteiger partial charge in [0.15, 0.2) is 0 Å². The Kier molecular flexibility index (Phi) is 5.68. The normalized spacial score (nSPS) is 16.3. The molecule has 0 unspecified atom stereocenters. The Balaban J connectivity index is 1.57. The average molecular weight is 385 g/mol. The fraction of sp³-hybridized carbons (Fsp3) is 0.333. The number of amides is 3. The molecule has 3 amide bonds. The molecule has 2 N–H and O–H groups in total. The molecule has 3 heterocycles. The van der Waals surface area contributed by atoms with Gasteiger partial charge < -0.3 is 5.32 Å². The summed E-state index contributed by atoms with van der Waals surface area (Å²) in [5, 5.41) is 9.32. The maximum absolute atomic E-state index is 12.3. The standard InChI is InChI=1S/C15H16N2O2S4/c18-13-15(17-14(19)16-13,9-20-7-11-3-1-5-22-11)10-21-8-12-4-2-6-23-12/h1-6H,7-10H2,(H2,16,17,18,19). The molecule has 0 aromatic carbocycles. The molecular weight excluding hydrogens is 368 g/mol. The molecule has 0 aliphatic carbocycles. The second-order valence-electron chi connectivity index (χ2n) is 5.13. The number of thiophene rings is 2. The van der Waals surface area contributed by atoms with E-state index in [-0.39, 0.29) is 11.9 Å². The summed E-state index contributed by atoms with van der Waals surface area (Å²) in [7, 11) is 0. The van der Waals surface area contributed by atoms with Gasteiger partial charge in [0.05, 0.1) is 0 Å². The molecule has 0 radical (unpaired) electrons. The first-order valence-corrected chi connectivity index (χ1v) is 11.1. The van der Waals surface area contributed by atoms with Crippen molar-refractivity contribution in [1.29, 1.82) is 0 Å². The van der Waals surface area contributed by atoms with Crippen molar-refractivity contribution in [1.82, 2.24) is 10.6 Å². The Bertz CT molecular complexity index is 615. The quantitative estimate of drug-likeness (QED) is 0.684. The van der Waals surface area contributed by atoms with E-state index in [1.165, 1.54) is 9.75 Å². The fourth-order valence-corrected chi connectivity index (χ4v) is 6.47. The third-order valence-corrected chi connectivity index (χ3v) is 7.90. The van der Waals surface area contributed by atoms with Crippen molar-refractivity contribution in [2.24, 2.45) is 0 Å². The van der Waals surface area contributed by atoms with Crippen molar-refractivity contribution >= 4 is 58.1 Å². The van der Waals surface area contributed by atoms with Crippen molar-refractivity contribution in [2.45, 2.75) is 17.0 Å². The van der Waals surface area contributed by atoms with Crippen LogP contribution in [-0.4, -0.2) is 29.0 Å². The smallest absolute Gasteiger partial charge is 0.322 e. The number of urea groups is 1. The first-order valence-electron chi connectivity index (χ1n) is 7.02. The van der Waals surface area contributed by atoms with Crippen LogP contribution in [0.3, 0.4) is 0 Å². The van der Waals surface area contributed by atoms with E-state index in [0.717, 1.165) is 11.5 Å². The van der Waals surface area contributed by atoms with Crippen LogP contribution in [0.2, 0.25) is 0 Å². The molecule has 2 aromatic rings. The Morgan fingerprint density at radius 2 is 1.52 bits per heavy atom. The van der Waals surface area contributed by atoms with Crippen molar-refractivity contribution in [3.8, 4) is 0 Å². The lowest BCUT2D eigenvalue weighted by Gasteiger charge is -2.25. The molecule has 0 bridgehead atoms. The lowest BCUT2D eigenvalue weighted by atomic mass is 10.1. The number of carbonyl (C=O) groups is 2. The van der Waals surface area contributed by atoms with Crippen LogP contribution in [0, 0.1) is 0 Å². The molecule has 3 rings (SSSR count). The number of hydrogen-bond donors (Lipinski definition) is 2. The zero-order chi connectivity index (χ0) is 16.1. The molecule has 0 atom stereocenters. The Hall–Kier alpha value is -0.960. The molecule has 4 nitrogen and oxygen atoms in total. The van der Waals surface area contributed by atoms with E-state index in [2.05, 4.69) is 22.8 Å². The predicted molar refractivity (Wildman–Crippen MR) is 100 cm³/mol. The predicted octanol–water partition coefficient (Wildman–Crippen LogP) is 3.55. The number of hydrogen-bond acceptors (Lipinski definition) is 6. The number of nitrogens with one attached hydrogen (secondary N) is 2. The molecule has 1 aliphatic rings. The number of rotatable bonds is 8. The van der Waals surface area contributed by atoms with E-state index < -0.39 is 5.54 Å². The van der Waals surface area contributed by atoms with Crippen LogP contribution < -0.4 is 10.6 Å². The van der Waals surface area contributed by atoms with Gasteiger partial charge in [0.2, 0.25) is 0 Å². The summed E-state index contributed by atoms with van der Waals surface area (Å²) in [6.07, 6.45) is 0. The monoisotopic (exact) mass is 384 g/mol. The van der Waals surface area contributed by atoms with Crippen molar-refractivity contribution < 1.29 is 9.59 Å². The third-order valence-electron chi connectivity index (χ3n) is 3.36. The first-order chi connectivity index (χ1) is 11.2. The minimum Gasteiger partial charge on any atom is -0.322 e. The van der Waals surface area contributed by atoms with Gasteiger partial charge in [-0.15, -0.1) is 22.7 Å². The highest BCUT2D eigenvalue weighted by atomic mass is 32.2. The van der Waals surface area contributed by atoms with Gasteiger partial charge in [-0.05, 0) is 22.9 Å². The molecule has 2 aromatic heterocycles. The second kappa shape index (κ2) is 7.74. The van der Waals surface area contributed by atoms with Crippen molar-refractivity contribution in [2.75, 3.05) is 11.5 Å². The molecule has 1 fully saturated rings. The second-order valence-corrected chi connectivity index (χ2v) is 9.17.